The number of piperidine rings is 1. The minimum absolute atomic E-state index is 0.694. The van der Waals surface area contributed by atoms with E-state index in [0.717, 1.165) is 19.5 Å². The minimum Gasteiger partial charge on any atom is -0.330 e. The summed E-state index contributed by atoms with van der Waals surface area (Å²) in [7, 11) is 4.35. The molecule has 1 atom stereocenters. The van der Waals surface area contributed by atoms with Crippen molar-refractivity contribution in [2.45, 2.75) is 31.8 Å². The normalized spacial score (nSPS) is 21.7. The Morgan fingerprint density at radius 2 is 2.39 bits per heavy atom. The van der Waals surface area contributed by atoms with Gasteiger partial charge in [-0.3, -0.25) is 4.90 Å². The van der Waals surface area contributed by atoms with Crippen LogP contribution in [0.5, 0.6) is 0 Å². The Kier molecular flexibility index (Phi) is 5.12. The van der Waals surface area contributed by atoms with Crippen LogP contribution in [0.25, 0.3) is 0 Å². The molecule has 1 aromatic rings. The number of thiazole rings is 1. The van der Waals surface area contributed by atoms with E-state index >= 15 is 0 Å². The Morgan fingerprint density at radius 1 is 1.56 bits per heavy atom. The van der Waals surface area contributed by atoms with Crippen LogP contribution in [0.15, 0.2) is 5.38 Å². The molecule has 0 radical (unpaired) electrons. The first kappa shape index (κ1) is 13.9. The van der Waals surface area contributed by atoms with Crippen LogP contribution in [0, 0.1) is 0 Å². The molecule has 2 rings (SSSR count). The average Bonchev–Trinajstić information content (AvgIpc) is 2.77. The molecule has 0 bridgehead atoms. The lowest BCUT2D eigenvalue weighted by atomic mass is 10.0. The summed E-state index contributed by atoms with van der Waals surface area (Å²) in [6.45, 7) is 4.05. The standard InChI is InChI=1S/C13H24N4S/c1-16(2)12-4-3-7-17(9-12)8-11-10-18-13(15-11)5-6-14/h10,12H,3-9,14H2,1-2H3. The number of aromatic nitrogens is 1. The van der Waals surface area contributed by atoms with Gasteiger partial charge in [-0.05, 0) is 40.0 Å². The lowest BCUT2D eigenvalue weighted by molar-refractivity contribution is 0.127. The highest BCUT2D eigenvalue weighted by Gasteiger charge is 2.21. The van der Waals surface area contributed by atoms with Gasteiger partial charge in [0.2, 0.25) is 0 Å². The van der Waals surface area contributed by atoms with Crippen molar-refractivity contribution >= 4 is 11.3 Å². The molecule has 0 aromatic carbocycles. The molecule has 18 heavy (non-hydrogen) atoms. The van der Waals surface area contributed by atoms with Crippen molar-refractivity contribution in [1.82, 2.24) is 14.8 Å². The fraction of sp³-hybridized carbons (Fsp3) is 0.769. The molecule has 1 unspecified atom stereocenters. The van der Waals surface area contributed by atoms with Gasteiger partial charge in [0.05, 0.1) is 10.7 Å². The smallest absolute Gasteiger partial charge is 0.0941 e. The quantitative estimate of drug-likeness (QED) is 0.871. The maximum absolute atomic E-state index is 5.56. The highest BCUT2D eigenvalue weighted by molar-refractivity contribution is 7.09. The zero-order valence-electron chi connectivity index (χ0n) is 11.4. The Hall–Kier alpha value is -0.490. The van der Waals surface area contributed by atoms with Gasteiger partial charge in [0.25, 0.3) is 0 Å². The van der Waals surface area contributed by atoms with Crippen LogP contribution in [-0.4, -0.2) is 54.6 Å². The van der Waals surface area contributed by atoms with Crippen molar-refractivity contribution in [2.24, 2.45) is 5.73 Å². The van der Waals surface area contributed by atoms with Gasteiger partial charge in [0, 0.05) is 30.9 Å². The first-order valence-electron chi connectivity index (χ1n) is 6.71. The second-order valence-corrected chi connectivity index (χ2v) is 6.21. The molecule has 1 aliphatic heterocycles. The third-order valence-corrected chi connectivity index (χ3v) is 4.51. The number of likely N-dealkylation sites (tertiary alicyclic amines) is 1. The summed E-state index contributed by atoms with van der Waals surface area (Å²) in [6.07, 6.45) is 3.52. The molecular weight excluding hydrogens is 244 g/mol. The van der Waals surface area contributed by atoms with E-state index in [9.17, 15) is 0 Å². The van der Waals surface area contributed by atoms with E-state index in [4.69, 9.17) is 5.73 Å². The number of nitrogens with two attached hydrogens (primary N) is 1. The van der Waals surface area contributed by atoms with Crippen LogP contribution < -0.4 is 5.73 Å². The summed E-state index contributed by atoms with van der Waals surface area (Å²) in [5.41, 5.74) is 6.77. The van der Waals surface area contributed by atoms with E-state index in [0.29, 0.717) is 12.6 Å². The van der Waals surface area contributed by atoms with Gasteiger partial charge in [-0.25, -0.2) is 4.98 Å². The topological polar surface area (TPSA) is 45.4 Å². The number of likely N-dealkylation sites (N-methyl/N-ethyl adjacent to an activating group) is 1. The van der Waals surface area contributed by atoms with Crippen LogP contribution in [0.1, 0.15) is 23.5 Å². The molecule has 0 amide bonds. The number of nitrogens with zero attached hydrogens (tertiary/aromatic N) is 3. The summed E-state index contributed by atoms with van der Waals surface area (Å²) in [4.78, 5) is 9.51. The first-order valence-corrected chi connectivity index (χ1v) is 7.59. The van der Waals surface area contributed by atoms with Gasteiger partial charge in [-0.15, -0.1) is 11.3 Å². The maximum atomic E-state index is 5.56. The van der Waals surface area contributed by atoms with Crippen molar-refractivity contribution in [2.75, 3.05) is 33.7 Å². The average molecular weight is 268 g/mol. The zero-order chi connectivity index (χ0) is 13.0. The first-order chi connectivity index (χ1) is 8.69. The van der Waals surface area contributed by atoms with Gasteiger partial charge in [-0.2, -0.15) is 0 Å². The summed E-state index contributed by atoms with van der Waals surface area (Å²) < 4.78 is 0. The van der Waals surface area contributed by atoms with E-state index in [1.165, 1.54) is 30.1 Å². The van der Waals surface area contributed by atoms with Gasteiger partial charge in [-0.1, -0.05) is 0 Å². The van der Waals surface area contributed by atoms with Crippen molar-refractivity contribution < 1.29 is 0 Å². The Morgan fingerprint density at radius 3 is 3.11 bits per heavy atom. The lowest BCUT2D eigenvalue weighted by Crippen LogP contribution is -2.44. The number of rotatable bonds is 5. The maximum Gasteiger partial charge on any atom is 0.0941 e. The van der Waals surface area contributed by atoms with Crippen molar-refractivity contribution in [3.05, 3.63) is 16.1 Å². The highest BCUT2D eigenvalue weighted by atomic mass is 32.1. The van der Waals surface area contributed by atoms with Crippen molar-refractivity contribution in [1.29, 1.82) is 0 Å². The largest absolute Gasteiger partial charge is 0.330 e. The predicted molar refractivity (Wildman–Crippen MR) is 76.9 cm³/mol. The molecule has 2 heterocycles. The highest BCUT2D eigenvalue weighted by Crippen LogP contribution is 2.17. The Labute approximate surface area is 114 Å². The Bertz CT molecular complexity index is 364. The molecule has 1 aromatic heterocycles. The molecule has 1 saturated heterocycles. The molecule has 5 heteroatoms. The van der Waals surface area contributed by atoms with E-state index < -0.39 is 0 Å². The van der Waals surface area contributed by atoms with Gasteiger partial charge < -0.3 is 10.6 Å². The summed E-state index contributed by atoms with van der Waals surface area (Å²) in [6, 6.07) is 0.695. The predicted octanol–water partition coefficient (Wildman–Crippen LogP) is 1.17. The van der Waals surface area contributed by atoms with Crippen LogP contribution in [-0.2, 0) is 13.0 Å². The van der Waals surface area contributed by atoms with E-state index in [2.05, 4.69) is 34.3 Å². The number of hydrogen-bond donors (Lipinski definition) is 1. The van der Waals surface area contributed by atoms with Gasteiger partial charge in [0.15, 0.2) is 0 Å². The molecule has 1 fully saturated rings. The third-order valence-electron chi connectivity index (χ3n) is 3.55. The Balaban J connectivity index is 1.87. The molecular formula is C13H24N4S. The fourth-order valence-corrected chi connectivity index (χ4v) is 3.29. The van der Waals surface area contributed by atoms with Crippen molar-refractivity contribution in [3.63, 3.8) is 0 Å². The van der Waals surface area contributed by atoms with E-state index in [1.807, 2.05) is 0 Å². The second kappa shape index (κ2) is 6.61. The molecule has 102 valence electrons. The fourth-order valence-electron chi connectivity index (χ4n) is 2.49. The molecule has 0 saturated carbocycles. The van der Waals surface area contributed by atoms with Crippen LogP contribution >= 0.6 is 11.3 Å². The van der Waals surface area contributed by atoms with Crippen LogP contribution in [0.2, 0.25) is 0 Å². The van der Waals surface area contributed by atoms with Crippen LogP contribution in [0.3, 0.4) is 0 Å². The monoisotopic (exact) mass is 268 g/mol. The minimum atomic E-state index is 0.694. The number of hydrogen-bond acceptors (Lipinski definition) is 5. The van der Waals surface area contributed by atoms with E-state index in [1.54, 1.807) is 11.3 Å². The zero-order valence-corrected chi connectivity index (χ0v) is 12.2. The summed E-state index contributed by atoms with van der Waals surface area (Å²) in [5.74, 6) is 0. The molecule has 0 aliphatic carbocycles. The van der Waals surface area contributed by atoms with Crippen LogP contribution in [0.4, 0.5) is 0 Å². The summed E-state index contributed by atoms with van der Waals surface area (Å²) >= 11 is 1.74. The SMILES string of the molecule is CN(C)C1CCCN(Cc2csc(CCN)n2)C1. The third kappa shape index (κ3) is 3.75. The van der Waals surface area contributed by atoms with Gasteiger partial charge >= 0.3 is 0 Å². The second-order valence-electron chi connectivity index (χ2n) is 5.27. The molecule has 1 aliphatic rings. The van der Waals surface area contributed by atoms with E-state index in [-0.39, 0.29) is 0 Å². The molecule has 4 nitrogen and oxygen atoms in total. The molecule has 0 spiro atoms. The van der Waals surface area contributed by atoms with Crippen molar-refractivity contribution in [3.8, 4) is 0 Å². The lowest BCUT2D eigenvalue weighted by Gasteiger charge is -2.35. The molecule has 2 N–H and O–H groups in total. The van der Waals surface area contributed by atoms with Gasteiger partial charge in [0.1, 0.15) is 0 Å². The summed E-state index contributed by atoms with van der Waals surface area (Å²) in [5, 5.41) is 3.36.